The topological polar surface area (TPSA) is 100 Å². The van der Waals surface area contributed by atoms with Crippen molar-refractivity contribution in [3.05, 3.63) is 10.4 Å². The molecule has 0 saturated heterocycles. The van der Waals surface area contributed by atoms with Gasteiger partial charge in [0, 0.05) is 19.7 Å². The van der Waals surface area contributed by atoms with E-state index in [-0.39, 0.29) is 11.6 Å². The molecule has 1 heterocycles. The molecule has 0 unspecified atom stereocenters. The van der Waals surface area contributed by atoms with Gasteiger partial charge in [-0.25, -0.2) is 0 Å². The van der Waals surface area contributed by atoms with E-state index >= 15 is 0 Å². The van der Waals surface area contributed by atoms with Crippen molar-refractivity contribution in [3.8, 4) is 6.07 Å². The van der Waals surface area contributed by atoms with E-state index in [1.54, 1.807) is 0 Å². The zero-order chi connectivity index (χ0) is 15.2. The second-order valence-corrected chi connectivity index (χ2v) is 5.99. The van der Waals surface area contributed by atoms with Crippen LogP contribution in [0.4, 0.5) is 10.7 Å². The van der Waals surface area contributed by atoms with Gasteiger partial charge in [-0.3, -0.25) is 4.79 Å². The number of hydrogen-bond acceptors (Lipinski definition) is 6. The van der Waals surface area contributed by atoms with Crippen LogP contribution < -0.4 is 16.4 Å². The van der Waals surface area contributed by atoms with Crippen molar-refractivity contribution >= 4 is 27.9 Å². The number of thiophene rings is 1. The number of hydrogen-bond donors (Lipinski definition) is 3. The monoisotopic (exact) mass is 308 g/mol. The molecule has 7 heteroatoms. The molecular formula is C14H20N4O2S. The Labute approximate surface area is 128 Å². The van der Waals surface area contributed by atoms with Gasteiger partial charge in [0.2, 0.25) is 0 Å². The Morgan fingerprint density at radius 2 is 2.33 bits per heavy atom. The van der Waals surface area contributed by atoms with E-state index in [0.717, 1.165) is 12.5 Å². The highest BCUT2D eigenvalue weighted by Crippen LogP contribution is 2.35. The Bertz CT molecular complexity index is 546. The van der Waals surface area contributed by atoms with Crippen LogP contribution in [0.3, 0.4) is 0 Å². The highest BCUT2D eigenvalue weighted by molar-refractivity contribution is 7.18. The second-order valence-electron chi connectivity index (χ2n) is 4.97. The maximum atomic E-state index is 11.9. The fourth-order valence-electron chi connectivity index (χ4n) is 1.86. The molecule has 21 heavy (non-hydrogen) atoms. The molecule has 1 aromatic rings. The predicted molar refractivity (Wildman–Crippen MR) is 83.5 cm³/mol. The maximum absolute atomic E-state index is 11.9. The molecule has 0 aliphatic heterocycles. The summed E-state index contributed by atoms with van der Waals surface area (Å²) < 4.78 is 5.52. The van der Waals surface area contributed by atoms with Crippen LogP contribution in [0.15, 0.2) is 0 Å². The number of carbonyl (C=O) groups excluding carboxylic acids is 1. The molecule has 0 spiro atoms. The number of ether oxygens (including phenoxy) is 1. The van der Waals surface area contributed by atoms with E-state index in [9.17, 15) is 10.1 Å². The van der Waals surface area contributed by atoms with Crippen LogP contribution in [-0.4, -0.2) is 32.2 Å². The van der Waals surface area contributed by atoms with Gasteiger partial charge in [0.15, 0.2) is 0 Å². The number of amides is 1. The van der Waals surface area contributed by atoms with E-state index in [4.69, 9.17) is 10.5 Å². The third-order valence-corrected chi connectivity index (χ3v) is 4.34. The summed E-state index contributed by atoms with van der Waals surface area (Å²) in [6.45, 7) is 4.34. The summed E-state index contributed by atoms with van der Waals surface area (Å²) in [5.74, 6) is 0.496. The number of rotatable bonds is 8. The Morgan fingerprint density at radius 1 is 1.57 bits per heavy atom. The first-order valence-electron chi connectivity index (χ1n) is 7.09. The highest BCUT2D eigenvalue weighted by atomic mass is 32.1. The lowest BCUT2D eigenvalue weighted by Gasteiger charge is -2.05. The summed E-state index contributed by atoms with van der Waals surface area (Å²) in [4.78, 5) is 12.2. The minimum Gasteiger partial charge on any atom is -0.396 e. The molecule has 114 valence electrons. The molecule has 1 aromatic heterocycles. The zero-order valence-corrected chi connectivity index (χ0v) is 12.9. The van der Waals surface area contributed by atoms with Gasteiger partial charge in [-0.1, -0.05) is 0 Å². The van der Waals surface area contributed by atoms with Crippen molar-refractivity contribution in [2.45, 2.75) is 19.8 Å². The maximum Gasteiger partial charge on any atom is 0.263 e. The molecular weight excluding hydrogens is 288 g/mol. The van der Waals surface area contributed by atoms with Crippen LogP contribution in [0.1, 0.15) is 35.0 Å². The quantitative estimate of drug-likeness (QED) is 0.636. The van der Waals surface area contributed by atoms with Gasteiger partial charge >= 0.3 is 0 Å². The molecule has 1 amide bonds. The molecule has 1 aliphatic carbocycles. The summed E-state index contributed by atoms with van der Waals surface area (Å²) in [7, 11) is 0. The summed E-state index contributed by atoms with van der Waals surface area (Å²) in [6.07, 6.45) is 2.53. The first kappa shape index (κ1) is 15.6. The molecule has 2 rings (SSSR count). The van der Waals surface area contributed by atoms with Crippen molar-refractivity contribution in [1.29, 1.82) is 5.26 Å². The van der Waals surface area contributed by atoms with Crippen LogP contribution >= 0.6 is 11.3 Å². The Morgan fingerprint density at radius 3 is 2.95 bits per heavy atom. The van der Waals surface area contributed by atoms with Crippen molar-refractivity contribution in [2.24, 2.45) is 5.92 Å². The van der Waals surface area contributed by atoms with E-state index < -0.39 is 0 Å². The van der Waals surface area contributed by atoms with E-state index in [1.165, 1.54) is 24.2 Å². The lowest BCUT2D eigenvalue weighted by molar-refractivity contribution is 0.0960. The lowest BCUT2D eigenvalue weighted by atomic mass is 10.2. The summed E-state index contributed by atoms with van der Waals surface area (Å²) in [6, 6.07) is 2.05. The van der Waals surface area contributed by atoms with Crippen molar-refractivity contribution in [2.75, 3.05) is 37.4 Å². The molecule has 4 N–H and O–H groups in total. The number of nitriles is 1. The first-order chi connectivity index (χ1) is 10.2. The number of nitrogens with two attached hydrogens (primary N) is 1. The third-order valence-electron chi connectivity index (χ3n) is 3.18. The molecule has 0 bridgehead atoms. The lowest BCUT2D eigenvalue weighted by Crippen LogP contribution is -2.22. The minimum atomic E-state index is -0.241. The molecule has 1 aliphatic rings. The third kappa shape index (κ3) is 4.09. The standard InChI is InChI=1S/C14H20N4O2S/c1-2-17-13(19)12-11(16)10(7-15)14(21-12)18-5-6-20-8-9-3-4-9/h9,18H,2-6,8,16H2,1H3,(H,17,19). The number of nitrogens with zero attached hydrogens (tertiary/aromatic N) is 1. The largest absolute Gasteiger partial charge is 0.396 e. The molecule has 0 radical (unpaired) electrons. The fraction of sp³-hybridized carbons (Fsp3) is 0.571. The number of anilines is 2. The number of nitrogen functional groups attached to an aromatic ring is 1. The Kier molecular flexibility index (Phi) is 5.42. The summed E-state index contributed by atoms with van der Waals surface area (Å²) in [5, 5.41) is 15.6. The first-order valence-corrected chi connectivity index (χ1v) is 7.91. The summed E-state index contributed by atoms with van der Waals surface area (Å²) >= 11 is 1.21. The van der Waals surface area contributed by atoms with Crippen molar-refractivity contribution in [3.63, 3.8) is 0 Å². The predicted octanol–water partition coefficient (Wildman–Crippen LogP) is 1.79. The van der Waals surface area contributed by atoms with Gasteiger partial charge in [-0.05, 0) is 25.7 Å². The average Bonchev–Trinajstić information content (AvgIpc) is 3.22. The smallest absolute Gasteiger partial charge is 0.263 e. The molecule has 0 aromatic carbocycles. The van der Waals surface area contributed by atoms with Crippen LogP contribution in [0.25, 0.3) is 0 Å². The van der Waals surface area contributed by atoms with E-state index in [0.29, 0.717) is 35.1 Å². The van der Waals surface area contributed by atoms with Gasteiger partial charge in [-0.15, -0.1) is 11.3 Å². The molecule has 1 fully saturated rings. The van der Waals surface area contributed by atoms with E-state index in [2.05, 4.69) is 16.7 Å². The minimum absolute atomic E-state index is 0.241. The van der Waals surface area contributed by atoms with Gasteiger partial charge in [0.25, 0.3) is 5.91 Å². The van der Waals surface area contributed by atoms with Gasteiger partial charge < -0.3 is 21.1 Å². The summed E-state index contributed by atoms with van der Waals surface area (Å²) in [5.41, 5.74) is 6.46. The highest BCUT2D eigenvalue weighted by Gasteiger charge is 2.22. The van der Waals surface area contributed by atoms with Crippen LogP contribution in [0, 0.1) is 17.2 Å². The van der Waals surface area contributed by atoms with Gasteiger partial charge in [0.05, 0.1) is 12.3 Å². The SMILES string of the molecule is CCNC(=O)c1sc(NCCOCC2CC2)c(C#N)c1N. The fourth-order valence-corrected chi connectivity index (χ4v) is 2.87. The van der Waals surface area contributed by atoms with Crippen LogP contribution in [0.5, 0.6) is 0 Å². The number of carbonyl (C=O) groups is 1. The van der Waals surface area contributed by atoms with E-state index in [1.807, 2.05) is 6.92 Å². The van der Waals surface area contributed by atoms with Gasteiger partial charge in [0.1, 0.15) is 21.5 Å². The van der Waals surface area contributed by atoms with Crippen molar-refractivity contribution in [1.82, 2.24) is 5.32 Å². The van der Waals surface area contributed by atoms with Gasteiger partial charge in [-0.2, -0.15) is 5.26 Å². The normalized spacial score (nSPS) is 13.7. The second kappa shape index (κ2) is 7.29. The van der Waals surface area contributed by atoms with Crippen molar-refractivity contribution < 1.29 is 9.53 Å². The van der Waals surface area contributed by atoms with Crippen LogP contribution in [0.2, 0.25) is 0 Å². The Balaban J connectivity index is 1.92. The molecule has 6 nitrogen and oxygen atoms in total. The average molecular weight is 308 g/mol. The molecule has 1 saturated carbocycles. The zero-order valence-electron chi connectivity index (χ0n) is 12.1. The Hall–Kier alpha value is -1.78. The molecule has 0 atom stereocenters. The number of nitrogens with one attached hydrogen (secondary N) is 2. The van der Waals surface area contributed by atoms with Crippen LogP contribution in [-0.2, 0) is 4.74 Å².